The smallest absolute Gasteiger partial charge is 0.328 e. The Bertz CT molecular complexity index is 925. The van der Waals surface area contributed by atoms with Crippen molar-refractivity contribution in [2.45, 2.75) is 45.1 Å². The van der Waals surface area contributed by atoms with E-state index in [1.165, 1.54) is 21.3 Å². The fourth-order valence-electron chi connectivity index (χ4n) is 3.84. The Morgan fingerprint density at radius 3 is 2.72 bits per heavy atom. The minimum Gasteiger partial charge on any atom is -0.480 e. The monoisotopic (exact) mass is 338 g/mol. The number of pyridine rings is 1. The van der Waals surface area contributed by atoms with Crippen LogP contribution in [0.15, 0.2) is 29.1 Å². The van der Waals surface area contributed by atoms with Gasteiger partial charge in [0.05, 0.1) is 0 Å². The summed E-state index contributed by atoms with van der Waals surface area (Å²) in [7, 11) is 0. The normalized spacial score (nSPS) is 18.7. The van der Waals surface area contributed by atoms with E-state index in [2.05, 4.69) is 31.3 Å². The molecule has 0 bridgehead atoms. The van der Waals surface area contributed by atoms with Gasteiger partial charge in [-0.15, -0.1) is 0 Å². The Labute approximate surface area is 146 Å². The first-order valence-corrected chi connectivity index (χ1v) is 8.77. The molecule has 1 aromatic carbocycles. The molecule has 2 heterocycles. The second-order valence-electron chi connectivity index (χ2n) is 7.19. The molecule has 1 atom stereocenters. The van der Waals surface area contributed by atoms with E-state index >= 15 is 0 Å². The number of rotatable bonds is 4. The topological polar surface area (TPSA) is 71.3 Å². The maximum absolute atomic E-state index is 12.6. The fraction of sp³-hybridized carbons (Fsp3) is 0.400. The molecule has 1 saturated carbocycles. The van der Waals surface area contributed by atoms with Crippen molar-refractivity contribution in [1.82, 2.24) is 4.57 Å². The number of fused-ring (bicyclic) bond motifs is 1. The Hall–Kier alpha value is -2.56. The summed E-state index contributed by atoms with van der Waals surface area (Å²) in [6.45, 7) is 4.48. The lowest BCUT2D eigenvalue weighted by Crippen LogP contribution is -2.28. The minimum absolute atomic E-state index is 0.225. The lowest BCUT2D eigenvalue weighted by molar-refractivity contribution is -0.140. The van der Waals surface area contributed by atoms with Crippen molar-refractivity contribution in [1.29, 1.82) is 0 Å². The van der Waals surface area contributed by atoms with Crippen molar-refractivity contribution < 1.29 is 9.90 Å². The molecule has 1 fully saturated rings. The van der Waals surface area contributed by atoms with Gasteiger partial charge in [-0.2, -0.15) is 0 Å². The summed E-state index contributed by atoms with van der Waals surface area (Å²) < 4.78 is 1.43. The van der Waals surface area contributed by atoms with Gasteiger partial charge in [0.25, 0.3) is 5.56 Å². The maximum Gasteiger partial charge on any atom is 0.328 e. The van der Waals surface area contributed by atoms with Crippen LogP contribution in [0.4, 0.5) is 5.82 Å². The number of carboxylic acids is 1. The zero-order chi connectivity index (χ0) is 17.7. The predicted octanol–water partition coefficient (Wildman–Crippen LogP) is 2.98. The van der Waals surface area contributed by atoms with E-state index in [4.69, 9.17) is 0 Å². The summed E-state index contributed by atoms with van der Waals surface area (Å²) in [5.41, 5.74) is 5.67. The van der Waals surface area contributed by atoms with E-state index in [0.717, 1.165) is 29.8 Å². The molecule has 0 radical (unpaired) electrons. The first kappa shape index (κ1) is 15.9. The number of benzene rings is 1. The summed E-state index contributed by atoms with van der Waals surface area (Å²) in [5.74, 6) is 0.196. The van der Waals surface area contributed by atoms with Crippen LogP contribution in [0.1, 0.15) is 52.6 Å². The molecule has 5 heteroatoms. The number of aryl methyl sites for hydroxylation is 1. The molecule has 0 spiro atoms. The van der Waals surface area contributed by atoms with Gasteiger partial charge >= 0.3 is 5.97 Å². The van der Waals surface area contributed by atoms with E-state index in [1.54, 1.807) is 6.07 Å². The van der Waals surface area contributed by atoms with Crippen LogP contribution in [0.2, 0.25) is 0 Å². The molecule has 4 rings (SSSR count). The van der Waals surface area contributed by atoms with Crippen LogP contribution in [-0.2, 0) is 11.2 Å². The largest absolute Gasteiger partial charge is 0.480 e. The number of nitrogens with one attached hydrogen (secondary N) is 1. The summed E-state index contributed by atoms with van der Waals surface area (Å²) >= 11 is 0. The molecule has 0 saturated heterocycles. The molecule has 2 aromatic rings. The van der Waals surface area contributed by atoms with Crippen LogP contribution in [0.25, 0.3) is 0 Å². The Morgan fingerprint density at radius 2 is 2.04 bits per heavy atom. The number of hydrogen-bond acceptors (Lipinski definition) is 3. The van der Waals surface area contributed by atoms with Gasteiger partial charge in [0, 0.05) is 12.6 Å². The summed E-state index contributed by atoms with van der Waals surface area (Å²) in [4.78, 5) is 24.1. The van der Waals surface area contributed by atoms with Gasteiger partial charge in [-0.3, -0.25) is 9.36 Å². The highest BCUT2D eigenvalue weighted by molar-refractivity contribution is 5.76. The third-order valence-electron chi connectivity index (χ3n) is 5.52. The quantitative estimate of drug-likeness (QED) is 0.899. The number of hydrogen-bond donors (Lipinski definition) is 2. The molecule has 130 valence electrons. The van der Waals surface area contributed by atoms with Crippen molar-refractivity contribution in [3.8, 4) is 0 Å². The highest BCUT2D eigenvalue weighted by Gasteiger charge is 2.37. The molecule has 1 aromatic heterocycles. The average molecular weight is 338 g/mol. The van der Waals surface area contributed by atoms with Crippen LogP contribution in [0.3, 0.4) is 0 Å². The van der Waals surface area contributed by atoms with Crippen LogP contribution in [-0.4, -0.2) is 22.2 Å². The highest BCUT2D eigenvalue weighted by Crippen LogP contribution is 2.46. The lowest BCUT2D eigenvalue weighted by atomic mass is 9.93. The van der Waals surface area contributed by atoms with Crippen molar-refractivity contribution in [2.75, 3.05) is 11.9 Å². The second-order valence-corrected chi connectivity index (χ2v) is 7.19. The number of anilines is 1. The fourth-order valence-corrected chi connectivity index (χ4v) is 3.84. The third kappa shape index (κ3) is 2.64. The average Bonchev–Trinajstić information content (AvgIpc) is 3.28. The van der Waals surface area contributed by atoms with Gasteiger partial charge < -0.3 is 10.4 Å². The van der Waals surface area contributed by atoms with Crippen molar-refractivity contribution in [3.63, 3.8) is 0 Å². The van der Waals surface area contributed by atoms with Gasteiger partial charge in [-0.1, -0.05) is 18.2 Å². The SMILES string of the molecule is Cc1cccc(Cc2cc(=O)n3c(c2C2CC2)NCC3C(=O)O)c1C. The number of carboxylic acid groups (broad SMARTS) is 1. The van der Waals surface area contributed by atoms with E-state index < -0.39 is 12.0 Å². The third-order valence-corrected chi connectivity index (χ3v) is 5.52. The summed E-state index contributed by atoms with van der Waals surface area (Å²) in [6.07, 6.45) is 2.91. The minimum atomic E-state index is -0.961. The molecule has 25 heavy (non-hydrogen) atoms. The van der Waals surface area contributed by atoms with Gasteiger partial charge in [-0.25, -0.2) is 4.79 Å². The van der Waals surface area contributed by atoms with Gasteiger partial charge in [-0.05, 0) is 66.8 Å². The number of aliphatic carboxylic acids is 1. The van der Waals surface area contributed by atoms with Gasteiger partial charge in [0.2, 0.25) is 0 Å². The predicted molar refractivity (Wildman–Crippen MR) is 96.6 cm³/mol. The van der Waals surface area contributed by atoms with Crippen molar-refractivity contribution >= 4 is 11.8 Å². The first-order valence-electron chi connectivity index (χ1n) is 8.77. The molecule has 1 aliphatic carbocycles. The number of aromatic nitrogens is 1. The number of carbonyl (C=O) groups is 1. The number of nitrogens with zero attached hydrogens (tertiary/aromatic N) is 1. The second kappa shape index (κ2) is 5.76. The molecule has 1 unspecified atom stereocenters. The van der Waals surface area contributed by atoms with Crippen LogP contribution < -0.4 is 10.9 Å². The Morgan fingerprint density at radius 1 is 1.28 bits per heavy atom. The Kier molecular flexibility index (Phi) is 3.67. The van der Waals surface area contributed by atoms with Gasteiger partial charge in [0.1, 0.15) is 5.82 Å². The van der Waals surface area contributed by atoms with E-state index in [9.17, 15) is 14.7 Å². The molecule has 1 aliphatic heterocycles. The van der Waals surface area contributed by atoms with E-state index in [-0.39, 0.29) is 12.1 Å². The highest BCUT2D eigenvalue weighted by atomic mass is 16.4. The van der Waals surface area contributed by atoms with E-state index in [1.807, 2.05) is 6.07 Å². The molecular weight excluding hydrogens is 316 g/mol. The van der Waals surface area contributed by atoms with Crippen molar-refractivity contribution in [2.24, 2.45) is 0 Å². The summed E-state index contributed by atoms with van der Waals surface area (Å²) in [6, 6.07) is 7.10. The molecule has 5 nitrogen and oxygen atoms in total. The summed E-state index contributed by atoms with van der Waals surface area (Å²) in [5, 5.41) is 12.6. The van der Waals surface area contributed by atoms with Crippen LogP contribution in [0.5, 0.6) is 0 Å². The first-order chi connectivity index (χ1) is 12.0. The molecular formula is C20H22N2O3. The van der Waals surface area contributed by atoms with E-state index in [0.29, 0.717) is 12.3 Å². The zero-order valence-electron chi connectivity index (χ0n) is 14.5. The lowest BCUT2D eigenvalue weighted by Gasteiger charge is -2.17. The van der Waals surface area contributed by atoms with Crippen LogP contribution >= 0.6 is 0 Å². The standard InChI is InChI=1S/C20H22N2O3/c1-11-4-3-5-14(12(11)2)8-15-9-17(23)22-16(20(24)25)10-21-19(22)18(15)13-6-7-13/h3-5,9,13,16,21H,6-8,10H2,1-2H3,(H,24,25). The van der Waals surface area contributed by atoms with Gasteiger partial charge in [0.15, 0.2) is 6.04 Å². The Balaban J connectivity index is 1.84. The van der Waals surface area contributed by atoms with Crippen LogP contribution in [0, 0.1) is 13.8 Å². The van der Waals surface area contributed by atoms with Crippen molar-refractivity contribution in [3.05, 3.63) is 62.4 Å². The molecule has 0 amide bonds. The molecule has 2 N–H and O–H groups in total. The maximum atomic E-state index is 12.6. The zero-order valence-corrected chi connectivity index (χ0v) is 14.5. The molecule has 2 aliphatic rings.